The third kappa shape index (κ3) is 10.5. The lowest BCUT2D eigenvalue weighted by molar-refractivity contribution is -0.104. The molecule has 2 rings (SSSR count). The van der Waals surface area contributed by atoms with Gasteiger partial charge in [0, 0.05) is 17.7 Å². The molecule has 0 radical (unpaired) electrons. The minimum absolute atomic E-state index is 0.256. The molecule has 0 amide bonds. The maximum atomic E-state index is 10.7. The van der Waals surface area contributed by atoms with Crippen molar-refractivity contribution in [3.8, 4) is 11.3 Å². The number of aryl methyl sites for hydroxylation is 1. The molecule has 0 unspecified atom stereocenters. The van der Waals surface area contributed by atoms with Crippen LogP contribution in [0.5, 0.6) is 0 Å². The number of carbonyl (C=O) groups excluding carboxylic acids is 1. The van der Waals surface area contributed by atoms with Crippen molar-refractivity contribution >= 4 is 30.5 Å². The second kappa shape index (κ2) is 16.4. The summed E-state index contributed by atoms with van der Waals surface area (Å²) in [6.45, 7) is 15.3. The summed E-state index contributed by atoms with van der Waals surface area (Å²) in [4.78, 5) is 17.9. The first-order valence-corrected chi connectivity index (χ1v) is 11.2. The van der Waals surface area contributed by atoms with E-state index in [4.69, 9.17) is 18.0 Å². The van der Waals surface area contributed by atoms with E-state index < -0.39 is 0 Å². The van der Waals surface area contributed by atoms with Gasteiger partial charge in [0.2, 0.25) is 0 Å². The summed E-state index contributed by atoms with van der Waals surface area (Å²) in [7, 11) is 1.93. The van der Waals surface area contributed by atoms with Crippen LogP contribution in [0.2, 0.25) is 0 Å². The van der Waals surface area contributed by atoms with Gasteiger partial charge in [-0.05, 0) is 62.3 Å². The van der Waals surface area contributed by atoms with E-state index in [1.807, 2.05) is 27.8 Å². The molecule has 0 aliphatic heterocycles. The standard InChI is InChI=1S/C19H24N4OS.C3H9N.C2H6/c1-12(2)10-21-11-14-7-6-13(3)16(9-14)17-15(5-4-8-24)18(25)23-19(20)22-17;1-3-4-2;1-2/h4-9,12,21H,10-11H2,1-3H3,(H3,20,22,23,25);4H,3H2,1-2H3;1-2H3/b5-4+;;. The van der Waals surface area contributed by atoms with Crippen LogP contribution in [0.25, 0.3) is 17.3 Å². The Labute approximate surface area is 192 Å². The zero-order valence-corrected chi connectivity index (χ0v) is 20.8. The molecule has 1 aromatic carbocycles. The second-order valence-corrected chi connectivity index (χ2v) is 7.48. The van der Waals surface area contributed by atoms with Gasteiger partial charge >= 0.3 is 0 Å². The lowest BCUT2D eigenvalue weighted by Gasteiger charge is -2.14. The van der Waals surface area contributed by atoms with E-state index in [0.29, 0.717) is 22.4 Å². The number of nitrogens with one attached hydrogen (secondary N) is 3. The van der Waals surface area contributed by atoms with Crippen LogP contribution in [0.4, 0.5) is 5.95 Å². The number of H-pyrrole nitrogens is 1. The summed E-state index contributed by atoms with van der Waals surface area (Å²) in [5.41, 5.74) is 10.6. The zero-order valence-electron chi connectivity index (χ0n) is 20.0. The summed E-state index contributed by atoms with van der Waals surface area (Å²) in [6.07, 6.45) is 3.79. The van der Waals surface area contributed by atoms with Crippen molar-refractivity contribution in [2.24, 2.45) is 5.92 Å². The summed E-state index contributed by atoms with van der Waals surface area (Å²) in [6, 6.07) is 6.29. The van der Waals surface area contributed by atoms with Crippen LogP contribution in [0.3, 0.4) is 0 Å². The molecule has 1 aromatic heterocycles. The van der Waals surface area contributed by atoms with Crippen LogP contribution < -0.4 is 16.4 Å². The van der Waals surface area contributed by atoms with Crippen LogP contribution in [-0.2, 0) is 11.3 Å². The lowest BCUT2D eigenvalue weighted by atomic mass is 9.99. The number of nitrogens with zero attached hydrogens (tertiary/aromatic N) is 1. The Morgan fingerprint density at radius 3 is 2.48 bits per heavy atom. The Balaban J connectivity index is 0.00000134. The highest BCUT2D eigenvalue weighted by molar-refractivity contribution is 7.71. The van der Waals surface area contributed by atoms with Crippen LogP contribution in [-0.4, -0.2) is 36.4 Å². The number of hydrogen-bond donors (Lipinski definition) is 4. The van der Waals surface area contributed by atoms with Crippen molar-refractivity contribution in [1.82, 2.24) is 20.6 Å². The minimum atomic E-state index is 0.256. The molecule has 0 atom stereocenters. The van der Waals surface area contributed by atoms with E-state index in [9.17, 15) is 4.79 Å². The summed E-state index contributed by atoms with van der Waals surface area (Å²) >= 11 is 5.32. The molecule has 31 heavy (non-hydrogen) atoms. The maximum Gasteiger partial charge on any atom is 0.199 e. The van der Waals surface area contributed by atoms with Gasteiger partial charge < -0.3 is 21.4 Å². The first-order valence-electron chi connectivity index (χ1n) is 10.8. The molecule has 0 saturated carbocycles. The Morgan fingerprint density at radius 1 is 1.29 bits per heavy atom. The summed E-state index contributed by atoms with van der Waals surface area (Å²) in [5, 5.41) is 6.37. The van der Waals surface area contributed by atoms with Gasteiger partial charge in [0.15, 0.2) is 5.95 Å². The van der Waals surface area contributed by atoms with Crippen LogP contribution in [0, 0.1) is 17.5 Å². The quantitative estimate of drug-likeness (QED) is 0.262. The zero-order chi connectivity index (χ0) is 23.8. The molecule has 7 heteroatoms. The molecule has 1 heterocycles. The largest absolute Gasteiger partial charge is 0.369 e. The Hall–Kier alpha value is -2.35. The molecule has 0 aliphatic rings. The van der Waals surface area contributed by atoms with Crippen molar-refractivity contribution < 1.29 is 4.79 Å². The normalized spacial score (nSPS) is 10.3. The number of nitrogens with two attached hydrogens (primary N) is 1. The molecule has 5 N–H and O–H groups in total. The van der Waals surface area contributed by atoms with E-state index in [0.717, 1.165) is 36.5 Å². The van der Waals surface area contributed by atoms with Crippen LogP contribution >= 0.6 is 12.2 Å². The number of hydrogen-bond acceptors (Lipinski definition) is 6. The van der Waals surface area contributed by atoms with Crippen molar-refractivity contribution in [3.63, 3.8) is 0 Å². The van der Waals surface area contributed by atoms with Gasteiger partial charge in [-0.1, -0.05) is 59.0 Å². The molecular formula is C24H39N5OS. The minimum Gasteiger partial charge on any atom is -0.369 e. The lowest BCUT2D eigenvalue weighted by Crippen LogP contribution is -2.19. The number of anilines is 1. The molecule has 172 valence electrons. The fraction of sp³-hybridized carbons (Fsp3) is 0.458. The maximum absolute atomic E-state index is 10.7. The Kier molecular flexibility index (Phi) is 15.1. The van der Waals surface area contributed by atoms with Crippen molar-refractivity contribution in [3.05, 3.63) is 45.6 Å². The fourth-order valence-corrected chi connectivity index (χ4v) is 2.82. The molecule has 2 aromatic rings. The number of carbonyl (C=O) groups is 1. The van der Waals surface area contributed by atoms with Gasteiger partial charge in [0.1, 0.15) is 10.9 Å². The van der Waals surface area contributed by atoms with Crippen molar-refractivity contribution in [2.75, 3.05) is 25.9 Å². The number of aldehydes is 1. The molecule has 0 spiro atoms. The van der Waals surface area contributed by atoms with Gasteiger partial charge in [0.25, 0.3) is 0 Å². The van der Waals surface area contributed by atoms with Gasteiger partial charge in [-0.25, -0.2) is 4.98 Å². The monoisotopic (exact) mass is 445 g/mol. The van der Waals surface area contributed by atoms with Gasteiger partial charge in [-0.15, -0.1) is 0 Å². The van der Waals surface area contributed by atoms with E-state index >= 15 is 0 Å². The number of rotatable bonds is 8. The number of benzene rings is 1. The summed E-state index contributed by atoms with van der Waals surface area (Å²) in [5.74, 6) is 0.854. The smallest absolute Gasteiger partial charge is 0.199 e. The summed E-state index contributed by atoms with van der Waals surface area (Å²) < 4.78 is 0.368. The number of aromatic nitrogens is 2. The number of aromatic amines is 1. The molecule has 0 aliphatic carbocycles. The van der Waals surface area contributed by atoms with Crippen LogP contribution in [0.1, 0.15) is 51.3 Å². The molecule has 6 nitrogen and oxygen atoms in total. The molecule has 0 fully saturated rings. The van der Waals surface area contributed by atoms with Crippen molar-refractivity contribution in [1.29, 1.82) is 0 Å². The highest BCUT2D eigenvalue weighted by atomic mass is 32.1. The third-order valence-corrected chi connectivity index (χ3v) is 4.43. The molecular weight excluding hydrogens is 406 g/mol. The van der Waals surface area contributed by atoms with E-state index in [2.05, 4.69) is 59.6 Å². The Morgan fingerprint density at radius 2 is 1.94 bits per heavy atom. The van der Waals surface area contributed by atoms with E-state index in [-0.39, 0.29) is 5.95 Å². The Bertz CT molecular complexity index is 873. The van der Waals surface area contributed by atoms with Gasteiger partial charge in [0.05, 0.1) is 5.69 Å². The highest BCUT2D eigenvalue weighted by Gasteiger charge is 2.11. The average molecular weight is 446 g/mol. The first-order chi connectivity index (χ1) is 14.8. The highest BCUT2D eigenvalue weighted by Crippen LogP contribution is 2.28. The van der Waals surface area contributed by atoms with E-state index in [1.165, 1.54) is 11.6 Å². The average Bonchev–Trinajstić information content (AvgIpc) is 2.75. The fourth-order valence-electron chi connectivity index (χ4n) is 2.56. The SMILES string of the molecule is CC.CCNC.Cc1ccc(CNCC(C)C)cc1-c1[nH]c(N)nc(=S)c1/C=C/C=O. The predicted molar refractivity (Wildman–Crippen MR) is 137 cm³/mol. The predicted octanol–water partition coefficient (Wildman–Crippen LogP) is 4.91. The van der Waals surface area contributed by atoms with Crippen molar-refractivity contribution in [2.45, 2.75) is 48.1 Å². The first kappa shape index (κ1) is 28.6. The van der Waals surface area contributed by atoms with E-state index in [1.54, 1.807) is 6.08 Å². The van der Waals surface area contributed by atoms with Crippen LogP contribution in [0.15, 0.2) is 24.3 Å². The molecule has 0 bridgehead atoms. The number of nitrogen functional groups attached to an aromatic ring is 1. The second-order valence-electron chi connectivity index (χ2n) is 7.09. The number of allylic oxidation sites excluding steroid dienone is 1. The van der Waals surface area contributed by atoms with Gasteiger partial charge in [-0.2, -0.15) is 0 Å². The third-order valence-electron chi connectivity index (χ3n) is 4.12. The van der Waals surface area contributed by atoms with Gasteiger partial charge in [-0.3, -0.25) is 4.79 Å². The topological polar surface area (TPSA) is 95.8 Å². The molecule has 0 saturated heterocycles.